The van der Waals surface area contributed by atoms with Gasteiger partial charge in [0.25, 0.3) is 0 Å². The van der Waals surface area contributed by atoms with Gasteiger partial charge in [0.15, 0.2) is 0 Å². The zero-order valence-corrected chi connectivity index (χ0v) is 18.4. The zero-order chi connectivity index (χ0) is 21.5. The van der Waals surface area contributed by atoms with Gasteiger partial charge in [-0.25, -0.2) is 4.79 Å². The molecule has 1 N–H and O–H groups in total. The second-order valence-corrected chi connectivity index (χ2v) is 8.90. The monoisotopic (exact) mass is 427 g/mol. The van der Waals surface area contributed by atoms with Gasteiger partial charge in [-0.1, -0.05) is 30.3 Å². The van der Waals surface area contributed by atoms with E-state index in [0.717, 1.165) is 33.4 Å². The van der Waals surface area contributed by atoms with E-state index < -0.39 is 5.60 Å². The van der Waals surface area contributed by atoms with E-state index in [4.69, 9.17) is 21.1 Å². The second-order valence-electron chi connectivity index (χ2n) is 8.60. The van der Waals surface area contributed by atoms with E-state index in [0.29, 0.717) is 24.8 Å². The molecule has 1 aliphatic rings. The van der Waals surface area contributed by atoms with Crippen molar-refractivity contribution in [2.24, 2.45) is 0 Å². The van der Waals surface area contributed by atoms with Crippen LogP contribution in [0.4, 0.5) is 10.5 Å². The largest absolute Gasteiger partial charge is 0.486 e. The molecule has 2 heterocycles. The highest BCUT2D eigenvalue weighted by Gasteiger charge is 2.37. The number of carbonyl (C=O) groups excluding carboxylic acids is 1. The number of nitrogens with one attached hydrogen (secondary N) is 1. The molecule has 0 radical (unpaired) electrons. The van der Waals surface area contributed by atoms with Gasteiger partial charge in [0.1, 0.15) is 23.5 Å². The minimum atomic E-state index is -0.585. The minimum absolute atomic E-state index is 0.00356. The molecular weight excluding hydrogens is 402 g/mol. The quantitative estimate of drug-likeness (QED) is 0.556. The first-order chi connectivity index (χ1) is 14.3. The van der Waals surface area contributed by atoms with E-state index in [2.05, 4.69) is 10.2 Å². The van der Waals surface area contributed by atoms with Crippen LogP contribution in [-0.2, 0) is 11.3 Å². The number of rotatable bonds is 4. The smallest absolute Gasteiger partial charge is 0.414 e. The Morgan fingerprint density at radius 2 is 2.03 bits per heavy atom. The molecule has 1 aliphatic heterocycles. The van der Waals surface area contributed by atoms with Crippen molar-refractivity contribution in [3.05, 3.63) is 53.2 Å². The summed E-state index contributed by atoms with van der Waals surface area (Å²) in [5.41, 5.74) is 3.94. The molecule has 0 saturated carbocycles. The van der Waals surface area contributed by atoms with E-state index in [1.165, 1.54) is 0 Å². The Morgan fingerprint density at radius 3 is 2.70 bits per heavy atom. The molecule has 0 spiro atoms. The maximum absolute atomic E-state index is 12.9. The topological polar surface area (TPSA) is 67.5 Å². The summed E-state index contributed by atoms with van der Waals surface area (Å²) < 4.78 is 11.8. The highest BCUT2D eigenvalue weighted by Crippen LogP contribution is 2.46. The number of benzene rings is 2. The first kappa shape index (κ1) is 20.5. The van der Waals surface area contributed by atoms with Crippen LogP contribution in [-0.4, -0.2) is 34.3 Å². The van der Waals surface area contributed by atoms with Crippen LogP contribution in [0.15, 0.2) is 36.4 Å². The SMILES string of the molecule is Cc1[nH]nc2c(OCc3ccccc3)cc3c(c12)[C@@H](CCl)CN3C(=O)OC(C)(C)C. The van der Waals surface area contributed by atoms with Crippen LogP contribution in [0.3, 0.4) is 0 Å². The molecule has 0 unspecified atom stereocenters. The molecule has 1 aromatic heterocycles. The Labute approximate surface area is 181 Å². The first-order valence-corrected chi connectivity index (χ1v) is 10.6. The minimum Gasteiger partial charge on any atom is -0.486 e. The molecular formula is C23H26ClN3O3. The van der Waals surface area contributed by atoms with Crippen molar-refractivity contribution in [3.8, 4) is 5.75 Å². The van der Waals surface area contributed by atoms with Gasteiger partial charge in [0, 0.05) is 35.5 Å². The molecule has 2 aromatic carbocycles. The normalized spacial score (nSPS) is 16.0. The summed E-state index contributed by atoms with van der Waals surface area (Å²) in [7, 11) is 0. The van der Waals surface area contributed by atoms with Crippen molar-refractivity contribution in [1.82, 2.24) is 10.2 Å². The number of halogens is 1. The van der Waals surface area contributed by atoms with Crippen LogP contribution in [0.1, 0.15) is 43.5 Å². The van der Waals surface area contributed by atoms with E-state index >= 15 is 0 Å². The Balaban J connectivity index is 1.78. The zero-order valence-electron chi connectivity index (χ0n) is 17.7. The maximum Gasteiger partial charge on any atom is 0.414 e. The molecule has 0 aliphatic carbocycles. The van der Waals surface area contributed by atoms with Gasteiger partial charge in [0.05, 0.1) is 5.69 Å². The Hall–Kier alpha value is -2.73. The average Bonchev–Trinajstić information content (AvgIpc) is 3.26. The number of aryl methyl sites for hydroxylation is 1. The average molecular weight is 428 g/mol. The summed E-state index contributed by atoms with van der Waals surface area (Å²) in [6, 6.07) is 11.8. The van der Waals surface area contributed by atoms with E-state index in [1.807, 2.05) is 64.1 Å². The van der Waals surface area contributed by atoms with Crippen LogP contribution in [0.2, 0.25) is 0 Å². The third kappa shape index (κ3) is 3.84. The van der Waals surface area contributed by atoms with Crippen molar-refractivity contribution in [1.29, 1.82) is 0 Å². The van der Waals surface area contributed by atoms with Crippen molar-refractivity contribution < 1.29 is 14.3 Å². The van der Waals surface area contributed by atoms with E-state index in [1.54, 1.807) is 4.90 Å². The highest BCUT2D eigenvalue weighted by atomic mass is 35.5. The maximum atomic E-state index is 12.9. The van der Waals surface area contributed by atoms with Gasteiger partial charge in [-0.05, 0) is 38.8 Å². The molecule has 158 valence electrons. The van der Waals surface area contributed by atoms with Crippen LogP contribution < -0.4 is 9.64 Å². The van der Waals surface area contributed by atoms with Crippen LogP contribution in [0.25, 0.3) is 10.9 Å². The van der Waals surface area contributed by atoms with Crippen LogP contribution >= 0.6 is 11.6 Å². The van der Waals surface area contributed by atoms with Crippen molar-refractivity contribution in [2.45, 2.75) is 45.8 Å². The molecule has 4 rings (SSSR count). The molecule has 0 saturated heterocycles. The lowest BCUT2D eigenvalue weighted by atomic mass is 9.97. The summed E-state index contributed by atoms with van der Waals surface area (Å²) in [6.07, 6.45) is -0.383. The van der Waals surface area contributed by atoms with Crippen LogP contribution in [0, 0.1) is 6.92 Å². The highest BCUT2D eigenvalue weighted by molar-refractivity contribution is 6.19. The summed E-state index contributed by atoms with van der Waals surface area (Å²) in [5.74, 6) is 1.02. The standard InChI is InChI=1S/C23H26ClN3O3/c1-14-19-20-16(11-24)12-27(22(28)30-23(2,3)4)17(20)10-18(21(19)26-25-14)29-13-15-8-6-5-7-9-15/h5-10,16H,11-13H2,1-4H3,(H,25,26)/t16-/m0/s1. The molecule has 30 heavy (non-hydrogen) atoms. The van der Waals surface area contributed by atoms with Gasteiger partial charge < -0.3 is 9.47 Å². The Kier molecular flexibility index (Phi) is 5.36. The fraction of sp³-hybridized carbons (Fsp3) is 0.391. The number of aromatic nitrogens is 2. The lowest BCUT2D eigenvalue weighted by Crippen LogP contribution is -2.36. The number of ether oxygens (including phenoxy) is 2. The number of alkyl halides is 1. The van der Waals surface area contributed by atoms with Crippen molar-refractivity contribution in [3.63, 3.8) is 0 Å². The number of amides is 1. The number of hydrogen-bond donors (Lipinski definition) is 1. The number of hydrogen-bond acceptors (Lipinski definition) is 4. The van der Waals surface area contributed by atoms with E-state index in [-0.39, 0.29) is 12.0 Å². The van der Waals surface area contributed by atoms with Gasteiger partial charge in [0.2, 0.25) is 0 Å². The molecule has 7 heteroatoms. The summed E-state index contributed by atoms with van der Waals surface area (Å²) in [4.78, 5) is 14.6. The molecule has 3 aromatic rings. The third-order valence-electron chi connectivity index (χ3n) is 5.13. The molecule has 1 amide bonds. The number of carbonyl (C=O) groups is 1. The van der Waals surface area contributed by atoms with Crippen molar-refractivity contribution in [2.75, 3.05) is 17.3 Å². The van der Waals surface area contributed by atoms with Crippen molar-refractivity contribution >= 4 is 34.3 Å². The summed E-state index contributed by atoms with van der Waals surface area (Å²) in [5, 5.41) is 8.51. The molecule has 1 atom stereocenters. The summed E-state index contributed by atoms with van der Waals surface area (Å²) in [6.45, 7) is 8.43. The molecule has 6 nitrogen and oxygen atoms in total. The van der Waals surface area contributed by atoms with Gasteiger partial charge in [-0.3, -0.25) is 10.00 Å². The number of nitrogens with zero attached hydrogens (tertiary/aromatic N) is 2. The Morgan fingerprint density at radius 1 is 1.30 bits per heavy atom. The number of H-pyrrole nitrogens is 1. The number of anilines is 1. The lowest BCUT2D eigenvalue weighted by molar-refractivity contribution is 0.0582. The molecule has 0 fully saturated rings. The predicted molar refractivity (Wildman–Crippen MR) is 119 cm³/mol. The Bertz CT molecular complexity index is 1070. The molecule has 0 bridgehead atoms. The second kappa shape index (κ2) is 7.84. The predicted octanol–water partition coefficient (Wildman–Crippen LogP) is 5.53. The van der Waals surface area contributed by atoms with Crippen LogP contribution in [0.5, 0.6) is 5.75 Å². The number of aromatic amines is 1. The van der Waals surface area contributed by atoms with E-state index in [9.17, 15) is 4.79 Å². The van der Waals surface area contributed by atoms with Gasteiger partial charge in [-0.15, -0.1) is 11.6 Å². The fourth-order valence-electron chi connectivity index (χ4n) is 3.84. The summed E-state index contributed by atoms with van der Waals surface area (Å²) >= 11 is 6.30. The number of fused-ring (bicyclic) bond motifs is 3. The first-order valence-electron chi connectivity index (χ1n) is 10.0. The third-order valence-corrected chi connectivity index (χ3v) is 5.51. The van der Waals surface area contributed by atoms with Gasteiger partial charge in [-0.2, -0.15) is 5.10 Å². The van der Waals surface area contributed by atoms with Gasteiger partial charge >= 0.3 is 6.09 Å². The lowest BCUT2D eigenvalue weighted by Gasteiger charge is -2.25. The fourth-order valence-corrected chi connectivity index (χ4v) is 4.10.